The Morgan fingerprint density at radius 3 is 2.86 bits per heavy atom. The number of hydrogen-bond donors (Lipinski definition) is 1. The van der Waals surface area contributed by atoms with Crippen molar-refractivity contribution in [2.24, 2.45) is 0 Å². The van der Waals surface area contributed by atoms with E-state index in [1.54, 1.807) is 0 Å². The summed E-state index contributed by atoms with van der Waals surface area (Å²) in [6.07, 6.45) is 1.83. The van der Waals surface area contributed by atoms with E-state index in [0.29, 0.717) is 0 Å². The molecule has 0 aliphatic carbocycles. The largest absolute Gasteiger partial charge is 0.380 e. The number of pyridine rings is 1. The maximum absolute atomic E-state index is 6.02. The number of anilines is 1. The van der Waals surface area contributed by atoms with E-state index in [0.717, 1.165) is 32.6 Å². The van der Waals surface area contributed by atoms with Crippen LogP contribution in [0, 0.1) is 6.92 Å². The molecule has 3 aromatic rings. The van der Waals surface area contributed by atoms with Crippen molar-refractivity contribution in [2.75, 3.05) is 5.32 Å². The van der Waals surface area contributed by atoms with Crippen LogP contribution < -0.4 is 5.32 Å². The molecule has 0 unspecified atom stereocenters. The fourth-order valence-electron chi connectivity index (χ4n) is 2.31. The van der Waals surface area contributed by atoms with Gasteiger partial charge < -0.3 is 5.32 Å². The van der Waals surface area contributed by atoms with Crippen LogP contribution in [0.4, 0.5) is 5.69 Å². The smallest absolute Gasteiger partial charge is 0.0751 e. The zero-order valence-electron chi connectivity index (χ0n) is 11.5. The van der Waals surface area contributed by atoms with Gasteiger partial charge in [-0.05, 0) is 64.3 Å². The fourth-order valence-corrected chi connectivity index (χ4v) is 2.86. The minimum atomic E-state index is 0.726. The van der Waals surface area contributed by atoms with Gasteiger partial charge in [0, 0.05) is 28.3 Å². The number of nitrogens with zero attached hydrogens (tertiary/aromatic N) is 1. The summed E-state index contributed by atoms with van der Waals surface area (Å²) < 4.78 is 0.916. The molecule has 0 atom stereocenters. The van der Waals surface area contributed by atoms with E-state index in [2.05, 4.69) is 51.4 Å². The molecular formula is C17H14BrClN2. The first-order chi connectivity index (χ1) is 10.1. The van der Waals surface area contributed by atoms with Crippen molar-refractivity contribution in [3.8, 4) is 0 Å². The number of halogens is 2. The molecule has 2 nitrogen and oxygen atoms in total. The molecule has 21 heavy (non-hydrogen) atoms. The van der Waals surface area contributed by atoms with Gasteiger partial charge in [-0.3, -0.25) is 4.98 Å². The van der Waals surface area contributed by atoms with E-state index in [4.69, 9.17) is 11.6 Å². The van der Waals surface area contributed by atoms with Gasteiger partial charge in [-0.15, -0.1) is 0 Å². The molecule has 0 saturated heterocycles. The summed E-state index contributed by atoms with van der Waals surface area (Å²) >= 11 is 9.47. The van der Waals surface area contributed by atoms with Crippen LogP contribution in [0.5, 0.6) is 0 Å². The van der Waals surface area contributed by atoms with Crippen LogP contribution in [0.1, 0.15) is 11.1 Å². The van der Waals surface area contributed by atoms with Crippen LogP contribution >= 0.6 is 27.5 Å². The predicted molar refractivity (Wildman–Crippen MR) is 93.0 cm³/mol. The van der Waals surface area contributed by atoms with Crippen molar-refractivity contribution in [2.45, 2.75) is 13.5 Å². The predicted octanol–water partition coefficient (Wildman–Crippen LogP) is 5.57. The monoisotopic (exact) mass is 360 g/mol. The third kappa shape index (κ3) is 3.04. The average Bonchev–Trinajstić information content (AvgIpc) is 2.50. The van der Waals surface area contributed by atoms with Crippen LogP contribution in [0.15, 0.2) is 53.1 Å². The second-order valence-corrected chi connectivity index (χ2v) is 6.19. The highest BCUT2D eigenvalue weighted by Gasteiger charge is 2.05. The molecule has 1 N–H and O–H groups in total. The first-order valence-electron chi connectivity index (χ1n) is 6.67. The normalized spacial score (nSPS) is 10.8. The number of aryl methyl sites for hydroxylation is 1. The van der Waals surface area contributed by atoms with E-state index in [9.17, 15) is 0 Å². The SMILES string of the molecule is Cc1ccc(NCc2ccc(Cl)c(Br)c2)c2cccnc12. The summed E-state index contributed by atoms with van der Waals surface area (Å²) in [5.41, 5.74) is 4.49. The third-order valence-electron chi connectivity index (χ3n) is 3.44. The van der Waals surface area contributed by atoms with E-state index >= 15 is 0 Å². The number of hydrogen-bond acceptors (Lipinski definition) is 2. The highest BCUT2D eigenvalue weighted by molar-refractivity contribution is 9.10. The Bertz CT molecular complexity index is 802. The van der Waals surface area contributed by atoms with Gasteiger partial charge >= 0.3 is 0 Å². The summed E-state index contributed by atoms with van der Waals surface area (Å²) in [5, 5.41) is 5.34. The quantitative estimate of drug-likeness (QED) is 0.659. The summed E-state index contributed by atoms with van der Waals surface area (Å²) in [6, 6.07) is 14.2. The van der Waals surface area contributed by atoms with Crippen molar-refractivity contribution >= 4 is 44.1 Å². The summed E-state index contributed by atoms with van der Waals surface area (Å²) in [5.74, 6) is 0. The van der Waals surface area contributed by atoms with Gasteiger partial charge in [-0.1, -0.05) is 23.7 Å². The first-order valence-corrected chi connectivity index (χ1v) is 7.84. The molecule has 0 bridgehead atoms. The molecular weight excluding hydrogens is 348 g/mol. The highest BCUT2D eigenvalue weighted by Crippen LogP contribution is 2.26. The lowest BCUT2D eigenvalue weighted by atomic mass is 10.1. The lowest BCUT2D eigenvalue weighted by Crippen LogP contribution is -2.00. The second kappa shape index (κ2) is 6.04. The van der Waals surface area contributed by atoms with Crippen LogP contribution in [-0.4, -0.2) is 4.98 Å². The third-order valence-corrected chi connectivity index (χ3v) is 4.65. The van der Waals surface area contributed by atoms with Crippen LogP contribution in [0.25, 0.3) is 10.9 Å². The Morgan fingerprint density at radius 1 is 1.19 bits per heavy atom. The van der Waals surface area contributed by atoms with Crippen LogP contribution in [0.3, 0.4) is 0 Å². The van der Waals surface area contributed by atoms with Gasteiger partial charge in [0.15, 0.2) is 0 Å². The van der Waals surface area contributed by atoms with E-state index in [1.165, 1.54) is 11.1 Å². The number of nitrogens with one attached hydrogen (secondary N) is 1. The molecule has 4 heteroatoms. The van der Waals surface area contributed by atoms with Gasteiger partial charge in [-0.2, -0.15) is 0 Å². The zero-order chi connectivity index (χ0) is 14.8. The maximum Gasteiger partial charge on any atom is 0.0751 e. The molecule has 1 aromatic heterocycles. The van der Waals surface area contributed by atoms with Gasteiger partial charge in [0.25, 0.3) is 0 Å². The van der Waals surface area contributed by atoms with Gasteiger partial charge in [-0.25, -0.2) is 0 Å². The number of fused-ring (bicyclic) bond motifs is 1. The Balaban J connectivity index is 1.88. The Morgan fingerprint density at radius 2 is 2.05 bits per heavy atom. The van der Waals surface area contributed by atoms with Crippen LogP contribution in [-0.2, 0) is 6.54 Å². The Labute approximate surface area is 137 Å². The highest BCUT2D eigenvalue weighted by atomic mass is 79.9. The molecule has 2 aromatic carbocycles. The molecule has 0 aliphatic rings. The molecule has 1 heterocycles. The van der Waals surface area contributed by atoms with Crippen LogP contribution in [0.2, 0.25) is 5.02 Å². The minimum Gasteiger partial charge on any atom is -0.380 e. The summed E-state index contributed by atoms with van der Waals surface area (Å²) in [7, 11) is 0. The van der Waals surface area contributed by atoms with Gasteiger partial charge in [0.05, 0.1) is 10.5 Å². The molecule has 0 spiro atoms. The van der Waals surface area contributed by atoms with Gasteiger partial charge in [0.1, 0.15) is 0 Å². The number of rotatable bonds is 3. The van der Waals surface area contributed by atoms with Crippen molar-refractivity contribution in [3.05, 3.63) is 69.3 Å². The van der Waals surface area contributed by atoms with Crippen molar-refractivity contribution < 1.29 is 0 Å². The van der Waals surface area contributed by atoms with E-state index < -0.39 is 0 Å². The molecule has 0 amide bonds. The topological polar surface area (TPSA) is 24.9 Å². The molecule has 0 aliphatic heterocycles. The summed E-state index contributed by atoms with van der Waals surface area (Å²) in [4.78, 5) is 4.46. The standard InChI is InChI=1S/C17H14BrClN2/c1-11-4-7-16(13-3-2-8-20-17(11)13)21-10-12-5-6-15(19)14(18)9-12/h2-9,21H,10H2,1H3. The maximum atomic E-state index is 6.02. The lowest BCUT2D eigenvalue weighted by Gasteiger charge is -2.11. The molecule has 0 fully saturated rings. The van der Waals surface area contributed by atoms with Crippen molar-refractivity contribution in [1.82, 2.24) is 4.98 Å². The second-order valence-electron chi connectivity index (χ2n) is 4.93. The molecule has 106 valence electrons. The molecule has 3 rings (SSSR count). The van der Waals surface area contributed by atoms with E-state index in [1.807, 2.05) is 30.5 Å². The van der Waals surface area contributed by atoms with Crippen molar-refractivity contribution in [3.63, 3.8) is 0 Å². The molecule has 0 saturated carbocycles. The number of aromatic nitrogens is 1. The Hall–Kier alpha value is -1.58. The van der Waals surface area contributed by atoms with E-state index in [-0.39, 0.29) is 0 Å². The lowest BCUT2D eigenvalue weighted by molar-refractivity contribution is 1.15. The zero-order valence-corrected chi connectivity index (χ0v) is 13.9. The minimum absolute atomic E-state index is 0.726. The first kappa shape index (κ1) is 14.4. The fraction of sp³-hybridized carbons (Fsp3) is 0.118. The van der Waals surface area contributed by atoms with Crippen molar-refractivity contribution in [1.29, 1.82) is 0 Å². The average molecular weight is 362 g/mol. The van der Waals surface area contributed by atoms with Gasteiger partial charge in [0.2, 0.25) is 0 Å². The number of benzene rings is 2. The molecule has 0 radical (unpaired) electrons. The summed E-state index contributed by atoms with van der Waals surface area (Å²) in [6.45, 7) is 2.82. The Kier molecular flexibility index (Phi) is 4.13.